The fourth-order valence-electron chi connectivity index (χ4n) is 5.99. The number of fused-ring (bicyclic) bond motifs is 2. The van der Waals surface area contributed by atoms with E-state index in [4.69, 9.17) is 9.47 Å². The number of phenols is 2. The Morgan fingerprint density at radius 1 is 1.10 bits per heavy atom. The number of benzene rings is 1. The van der Waals surface area contributed by atoms with Gasteiger partial charge in [-0.3, -0.25) is 9.59 Å². The highest BCUT2D eigenvalue weighted by molar-refractivity contribution is 7.98. The summed E-state index contributed by atoms with van der Waals surface area (Å²) in [7, 11) is 1.50. The van der Waals surface area contributed by atoms with E-state index in [1.54, 1.807) is 44.4 Å². The third kappa shape index (κ3) is 11.3. The Labute approximate surface area is 288 Å². The number of carbonyl (C=O) groups excluding carboxylic acids is 3. The number of aliphatic hydroxyl groups is 1. The molecule has 0 unspecified atom stereocenters. The van der Waals surface area contributed by atoms with Gasteiger partial charge in [-0.15, -0.1) is 11.8 Å². The Kier molecular flexibility index (Phi) is 15.8. The first kappa shape index (κ1) is 38.9. The summed E-state index contributed by atoms with van der Waals surface area (Å²) in [5.74, 6) is -1.84. The summed E-state index contributed by atoms with van der Waals surface area (Å²) in [4.78, 5) is 39.2. The van der Waals surface area contributed by atoms with Crippen LogP contribution in [0.5, 0.6) is 11.5 Å². The van der Waals surface area contributed by atoms with Gasteiger partial charge < -0.3 is 35.4 Å². The van der Waals surface area contributed by atoms with Crippen molar-refractivity contribution in [2.24, 2.45) is 11.8 Å². The van der Waals surface area contributed by atoms with Crippen LogP contribution < -0.4 is 10.6 Å². The Morgan fingerprint density at radius 2 is 1.81 bits per heavy atom. The lowest BCUT2D eigenvalue weighted by Crippen LogP contribution is -2.45. The minimum atomic E-state index is -0.947. The number of phenolic OH excluding ortho intramolecular Hbond substituents is 2. The van der Waals surface area contributed by atoms with Crippen LogP contribution >= 0.6 is 11.8 Å². The first-order valence-corrected chi connectivity index (χ1v) is 18.0. The van der Waals surface area contributed by atoms with Crippen molar-refractivity contribution in [3.8, 4) is 11.5 Å². The highest BCUT2D eigenvalue weighted by atomic mass is 32.2. The number of amides is 2. The number of carbonyl (C=O) groups is 3. The minimum absolute atomic E-state index is 0.0147. The van der Waals surface area contributed by atoms with E-state index >= 15 is 0 Å². The van der Waals surface area contributed by atoms with E-state index in [-0.39, 0.29) is 41.3 Å². The number of hydrogen-bond donors (Lipinski definition) is 5. The molecule has 1 aromatic carbocycles. The highest BCUT2D eigenvalue weighted by Crippen LogP contribution is 2.43. The molecule has 1 saturated carbocycles. The van der Waals surface area contributed by atoms with Crippen molar-refractivity contribution in [2.45, 2.75) is 108 Å². The number of allylic oxidation sites excluding steroid dienone is 5. The molecule has 2 amide bonds. The van der Waals surface area contributed by atoms with E-state index in [2.05, 4.69) is 10.6 Å². The van der Waals surface area contributed by atoms with Crippen LogP contribution in [0.2, 0.25) is 0 Å². The van der Waals surface area contributed by atoms with Crippen molar-refractivity contribution < 1.29 is 39.2 Å². The predicted octanol–water partition coefficient (Wildman–Crippen LogP) is 6.11. The molecule has 1 aromatic rings. The molecule has 5 atom stereocenters. The topological polar surface area (TPSA) is 154 Å². The second-order valence-corrected chi connectivity index (χ2v) is 13.4. The van der Waals surface area contributed by atoms with Gasteiger partial charge in [0.15, 0.2) is 0 Å². The maximum absolute atomic E-state index is 13.2. The summed E-state index contributed by atoms with van der Waals surface area (Å²) in [5, 5.41) is 38.7. The lowest BCUT2D eigenvalue weighted by atomic mass is 9.88. The molecule has 2 aliphatic rings. The number of ether oxygens (including phenoxy) is 2. The van der Waals surface area contributed by atoms with Crippen LogP contribution in [-0.2, 0) is 30.3 Å². The van der Waals surface area contributed by atoms with Crippen molar-refractivity contribution in [3.05, 3.63) is 59.7 Å². The van der Waals surface area contributed by atoms with Gasteiger partial charge in [-0.05, 0) is 57.4 Å². The van der Waals surface area contributed by atoms with Crippen LogP contribution in [0, 0.1) is 11.8 Å². The first-order valence-electron chi connectivity index (χ1n) is 16.8. The predicted molar refractivity (Wildman–Crippen MR) is 189 cm³/mol. The third-order valence-electron chi connectivity index (χ3n) is 9.02. The number of anilines is 1. The summed E-state index contributed by atoms with van der Waals surface area (Å²) in [5.41, 5.74) is 1.23. The van der Waals surface area contributed by atoms with Gasteiger partial charge in [-0.25, -0.2) is 4.79 Å². The van der Waals surface area contributed by atoms with Crippen molar-refractivity contribution in [3.63, 3.8) is 0 Å². The summed E-state index contributed by atoms with van der Waals surface area (Å²) < 4.78 is 11.4. The average molecular weight is 685 g/mol. The van der Waals surface area contributed by atoms with Gasteiger partial charge in [0.25, 0.3) is 0 Å². The number of methoxy groups -OCH3 is 1. The SMILES string of the molecule is CO[C@H]1/C=C/C=C/C=C/C[C@H](OC(=O)[C@@H](C)NC(=O)C2CCCCC2)[C@@H](C)[C@@H](O)/C(C)=C\CCc2cc(O)c(SC)c(c2O)NC(=O)C1. The molecule has 1 fully saturated rings. The number of aryl methyl sites for hydroxylation is 1. The molecule has 1 aliphatic heterocycles. The monoisotopic (exact) mass is 684 g/mol. The number of esters is 1. The third-order valence-corrected chi connectivity index (χ3v) is 9.84. The van der Waals surface area contributed by atoms with Gasteiger partial charge >= 0.3 is 5.97 Å². The fourth-order valence-corrected chi connectivity index (χ4v) is 6.61. The van der Waals surface area contributed by atoms with Gasteiger partial charge in [0.2, 0.25) is 11.8 Å². The Hall–Kier alpha value is -3.54. The molecule has 0 spiro atoms. The van der Waals surface area contributed by atoms with E-state index < -0.39 is 36.2 Å². The number of thioether (sulfide) groups is 1. The van der Waals surface area contributed by atoms with Crippen LogP contribution in [0.15, 0.2) is 59.1 Å². The number of aliphatic hydroxyl groups excluding tert-OH is 1. The zero-order chi connectivity index (χ0) is 35.2. The summed E-state index contributed by atoms with van der Waals surface area (Å²) in [6.45, 7) is 5.23. The van der Waals surface area contributed by atoms with Crippen molar-refractivity contribution in [1.82, 2.24) is 5.32 Å². The second kappa shape index (κ2) is 19.5. The molecule has 264 valence electrons. The van der Waals surface area contributed by atoms with Crippen LogP contribution in [-0.4, -0.2) is 70.8 Å². The molecular formula is C37H52N2O8S. The van der Waals surface area contributed by atoms with Crippen LogP contribution in [0.1, 0.15) is 77.7 Å². The van der Waals surface area contributed by atoms with Crippen molar-refractivity contribution in [2.75, 3.05) is 18.7 Å². The quantitative estimate of drug-likeness (QED) is 0.0785. The zero-order valence-corrected chi connectivity index (χ0v) is 29.6. The smallest absolute Gasteiger partial charge is 0.328 e. The second-order valence-electron chi connectivity index (χ2n) is 12.6. The largest absolute Gasteiger partial charge is 0.507 e. The summed E-state index contributed by atoms with van der Waals surface area (Å²) in [6, 6.07) is 0.651. The molecule has 2 bridgehead atoms. The van der Waals surface area contributed by atoms with Gasteiger partial charge in [-0.2, -0.15) is 0 Å². The van der Waals surface area contributed by atoms with Gasteiger partial charge in [0.1, 0.15) is 29.3 Å². The van der Waals surface area contributed by atoms with Crippen LogP contribution in [0.4, 0.5) is 5.69 Å². The maximum atomic E-state index is 13.2. The van der Waals surface area contributed by atoms with Crippen LogP contribution in [0.25, 0.3) is 0 Å². The fraction of sp³-hybridized carbons (Fsp3) is 0.541. The maximum Gasteiger partial charge on any atom is 0.328 e. The molecule has 5 N–H and O–H groups in total. The first-order chi connectivity index (χ1) is 23.0. The Morgan fingerprint density at radius 3 is 2.50 bits per heavy atom. The molecule has 0 radical (unpaired) electrons. The minimum Gasteiger partial charge on any atom is -0.507 e. The Balaban J connectivity index is 1.86. The van der Waals surface area contributed by atoms with Crippen LogP contribution in [0.3, 0.4) is 0 Å². The zero-order valence-electron chi connectivity index (χ0n) is 28.7. The van der Waals surface area contributed by atoms with E-state index in [1.165, 1.54) is 24.9 Å². The molecule has 1 heterocycles. The molecule has 10 nitrogen and oxygen atoms in total. The lowest BCUT2D eigenvalue weighted by Gasteiger charge is -2.29. The average Bonchev–Trinajstić information content (AvgIpc) is 3.07. The van der Waals surface area contributed by atoms with E-state index in [0.717, 1.165) is 32.1 Å². The number of rotatable bonds is 6. The number of nitrogens with one attached hydrogen (secondary N) is 2. The molecule has 48 heavy (non-hydrogen) atoms. The molecule has 0 aromatic heterocycles. The van der Waals surface area contributed by atoms with Gasteiger partial charge in [0.05, 0.1) is 23.5 Å². The molecular weight excluding hydrogens is 632 g/mol. The van der Waals surface area contributed by atoms with E-state index in [9.17, 15) is 29.7 Å². The van der Waals surface area contributed by atoms with Crippen molar-refractivity contribution in [1.29, 1.82) is 0 Å². The molecule has 3 rings (SSSR count). The van der Waals surface area contributed by atoms with Gasteiger partial charge in [0, 0.05) is 30.9 Å². The number of aromatic hydroxyl groups is 2. The number of hydrogen-bond acceptors (Lipinski definition) is 9. The lowest BCUT2D eigenvalue weighted by molar-refractivity contribution is -0.156. The van der Waals surface area contributed by atoms with Gasteiger partial charge in [-0.1, -0.05) is 68.7 Å². The van der Waals surface area contributed by atoms with Crippen molar-refractivity contribution >= 4 is 35.2 Å². The van der Waals surface area contributed by atoms with E-state index in [1.807, 2.05) is 25.2 Å². The molecule has 0 saturated heterocycles. The van der Waals surface area contributed by atoms with E-state index in [0.29, 0.717) is 35.3 Å². The summed E-state index contributed by atoms with van der Waals surface area (Å²) in [6.07, 6.45) is 18.0. The molecule has 11 heteroatoms. The normalized spacial score (nSPS) is 27.2. The highest BCUT2D eigenvalue weighted by Gasteiger charge is 2.31. The standard InChI is InChI=1S/C37H52N2O8S/c1-23-15-14-18-27-21-29(40)35(48-5)32(34(27)43)39-31(41)22-28(46-4)19-12-7-6-8-13-20-30(24(2)33(23)42)47-37(45)25(3)38-36(44)26-16-10-9-11-17-26/h6-8,12-13,15,19,21,24-26,28,30,33,40,42-43H,9-11,14,16-18,20,22H2,1-5H3,(H,38,44)(H,39,41)/b7-6+,13-8+,19-12+,23-15-/t24-,25-,28+,30+,33+/m1/s1. The summed E-state index contributed by atoms with van der Waals surface area (Å²) >= 11 is 1.20. The Bertz CT molecular complexity index is 1380. The molecule has 1 aliphatic carbocycles.